The first-order chi connectivity index (χ1) is 8.81. The molecule has 2 N–H and O–H groups in total. The Morgan fingerprint density at radius 2 is 2.17 bits per heavy atom. The van der Waals surface area contributed by atoms with E-state index in [0.29, 0.717) is 11.8 Å². The first-order valence-electron chi connectivity index (χ1n) is 6.89. The Hall–Kier alpha value is -0.940. The molecule has 1 aliphatic rings. The van der Waals surface area contributed by atoms with Crippen LogP contribution in [-0.2, 0) is 4.74 Å². The van der Waals surface area contributed by atoms with Gasteiger partial charge in [-0.05, 0) is 25.7 Å². The number of hydrogen-bond acceptors (Lipinski definition) is 5. The van der Waals surface area contributed by atoms with E-state index < -0.39 is 0 Å². The van der Waals surface area contributed by atoms with Crippen LogP contribution in [0.15, 0.2) is 4.52 Å². The highest BCUT2D eigenvalue weighted by Crippen LogP contribution is 2.31. The fourth-order valence-electron chi connectivity index (χ4n) is 2.50. The second-order valence-electron chi connectivity index (χ2n) is 5.07. The van der Waals surface area contributed by atoms with E-state index in [2.05, 4.69) is 10.1 Å². The lowest BCUT2D eigenvalue weighted by Crippen LogP contribution is -2.12. The average Bonchev–Trinajstić information content (AvgIpc) is 2.89. The molecule has 1 heterocycles. The number of aromatic nitrogens is 2. The second kappa shape index (κ2) is 6.85. The highest BCUT2D eigenvalue weighted by Gasteiger charge is 2.22. The minimum absolute atomic E-state index is 0.162. The molecule has 0 amide bonds. The summed E-state index contributed by atoms with van der Waals surface area (Å²) in [6, 6.07) is -0.162. The molecule has 1 aromatic heterocycles. The Kier molecular flexibility index (Phi) is 5.13. The number of hydrogen-bond donors (Lipinski definition) is 1. The Labute approximate surface area is 108 Å². The second-order valence-corrected chi connectivity index (χ2v) is 5.07. The van der Waals surface area contributed by atoms with Crippen LogP contribution in [-0.4, -0.2) is 23.9 Å². The van der Waals surface area contributed by atoms with Crippen molar-refractivity contribution in [3.8, 4) is 0 Å². The molecule has 1 aromatic rings. The summed E-state index contributed by atoms with van der Waals surface area (Å²) < 4.78 is 10.3. The Bertz CT molecular complexity index is 348. The monoisotopic (exact) mass is 253 g/mol. The lowest BCUT2D eigenvalue weighted by atomic mass is 9.89. The predicted molar refractivity (Wildman–Crippen MR) is 68.2 cm³/mol. The minimum Gasteiger partial charge on any atom is -0.385 e. The minimum atomic E-state index is -0.162. The van der Waals surface area contributed by atoms with Crippen molar-refractivity contribution in [2.75, 3.05) is 13.7 Å². The van der Waals surface area contributed by atoms with Crippen molar-refractivity contribution < 1.29 is 9.26 Å². The first-order valence-corrected chi connectivity index (χ1v) is 6.89. The summed E-state index contributed by atoms with van der Waals surface area (Å²) >= 11 is 0. The predicted octanol–water partition coefficient (Wildman–Crippen LogP) is 2.54. The average molecular weight is 253 g/mol. The number of rotatable bonds is 6. The van der Waals surface area contributed by atoms with Gasteiger partial charge in [0.1, 0.15) is 0 Å². The van der Waals surface area contributed by atoms with E-state index in [9.17, 15) is 0 Å². The van der Waals surface area contributed by atoms with Gasteiger partial charge in [0.25, 0.3) is 0 Å². The zero-order valence-electron chi connectivity index (χ0n) is 11.1. The van der Waals surface area contributed by atoms with Gasteiger partial charge in [-0.2, -0.15) is 4.98 Å². The molecule has 18 heavy (non-hydrogen) atoms. The molecular formula is C13H23N3O2. The van der Waals surface area contributed by atoms with E-state index in [4.69, 9.17) is 15.0 Å². The Morgan fingerprint density at radius 1 is 1.39 bits per heavy atom. The van der Waals surface area contributed by atoms with Gasteiger partial charge in [0.15, 0.2) is 5.82 Å². The number of nitrogens with two attached hydrogens (primary N) is 1. The number of nitrogens with zero attached hydrogens (tertiary/aromatic N) is 2. The number of ether oxygens (including phenoxy) is 1. The van der Waals surface area contributed by atoms with E-state index in [1.54, 1.807) is 7.11 Å². The molecule has 2 rings (SSSR count). The van der Waals surface area contributed by atoms with Gasteiger partial charge in [-0.1, -0.05) is 24.4 Å². The third-order valence-corrected chi connectivity index (χ3v) is 3.61. The van der Waals surface area contributed by atoms with Crippen LogP contribution in [0.2, 0.25) is 0 Å². The van der Waals surface area contributed by atoms with Gasteiger partial charge in [-0.15, -0.1) is 0 Å². The summed E-state index contributed by atoms with van der Waals surface area (Å²) in [4.78, 5) is 4.47. The molecule has 0 saturated heterocycles. The van der Waals surface area contributed by atoms with Crippen LogP contribution in [0, 0.1) is 0 Å². The van der Waals surface area contributed by atoms with Crippen molar-refractivity contribution in [2.45, 2.75) is 56.9 Å². The molecule has 5 heteroatoms. The van der Waals surface area contributed by atoms with Crippen molar-refractivity contribution in [2.24, 2.45) is 5.73 Å². The Morgan fingerprint density at radius 3 is 2.89 bits per heavy atom. The molecule has 1 aliphatic carbocycles. The normalized spacial score (nSPS) is 19.0. The van der Waals surface area contributed by atoms with Crippen LogP contribution < -0.4 is 5.73 Å². The van der Waals surface area contributed by atoms with Crippen molar-refractivity contribution in [3.05, 3.63) is 11.7 Å². The van der Waals surface area contributed by atoms with Crippen LogP contribution in [0.1, 0.15) is 68.6 Å². The molecule has 1 unspecified atom stereocenters. The quantitative estimate of drug-likeness (QED) is 0.788. The molecule has 1 atom stereocenters. The van der Waals surface area contributed by atoms with Crippen LogP contribution in [0.3, 0.4) is 0 Å². The summed E-state index contributed by atoms with van der Waals surface area (Å²) in [6.07, 6.45) is 7.97. The van der Waals surface area contributed by atoms with E-state index in [-0.39, 0.29) is 6.04 Å². The molecule has 102 valence electrons. The highest BCUT2D eigenvalue weighted by atomic mass is 16.5. The summed E-state index contributed by atoms with van der Waals surface area (Å²) in [6.45, 7) is 0.720. The third kappa shape index (κ3) is 3.53. The molecule has 0 aromatic carbocycles. The molecular weight excluding hydrogens is 230 g/mol. The van der Waals surface area contributed by atoms with Gasteiger partial charge in [-0.25, -0.2) is 0 Å². The van der Waals surface area contributed by atoms with Gasteiger partial charge >= 0.3 is 0 Å². The van der Waals surface area contributed by atoms with Crippen LogP contribution >= 0.6 is 0 Å². The van der Waals surface area contributed by atoms with E-state index in [1.165, 1.54) is 32.1 Å². The zero-order chi connectivity index (χ0) is 12.8. The standard InChI is InChI=1S/C13H23N3O2/c1-17-9-5-8-11(14)13-15-12(16-18-13)10-6-3-2-4-7-10/h10-11H,2-9,14H2,1H3. The summed E-state index contributed by atoms with van der Waals surface area (Å²) in [5.41, 5.74) is 6.03. The van der Waals surface area contributed by atoms with E-state index >= 15 is 0 Å². The first kappa shape index (κ1) is 13.5. The molecule has 5 nitrogen and oxygen atoms in total. The molecule has 0 bridgehead atoms. The summed E-state index contributed by atoms with van der Waals surface area (Å²) in [5.74, 6) is 1.90. The maximum absolute atomic E-state index is 6.03. The van der Waals surface area contributed by atoms with Crippen LogP contribution in [0.5, 0.6) is 0 Å². The SMILES string of the molecule is COCCCC(N)c1nc(C2CCCCC2)no1. The summed E-state index contributed by atoms with van der Waals surface area (Å²) in [7, 11) is 1.69. The summed E-state index contributed by atoms with van der Waals surface area (Å²) in [5, 5.41) is 4.09. The van der Waals surface area contributed by atoms with E-state index in [0.717, 1.165) is 25.3 Å². The maximum Gasteiger partial charge on any atom is 0.243 e. The fourth-order valence-corrected chi connectivity index (χ4v) is 2.50. The number of methoxy groups -OCH3 is 1. The van der Waals surface area contributed by atoms with Crippen molar-refractivity contribution in [3.63, 3.8) is 0 Å². The Balaban J connectivity index is 1.88. The maximum atomic E-state index is 6.03. The highest BCUT2D eigenvalue weighted by molar-refractivity contribution is 4.99. The van der Waals surface area contributed by atoms with Crippen LogP contribution in [0.4, 0.5) is 0 Å². The van der Waals surface area contributed by atoms with E-state index in [1.807, 2.05) is 0 Å². The lowest BCUT2D eigenvalue weighted by molar-refractivity contribution is 0.188. The van der Waals surface area contributed by atoms with Crippen molar-refractivity contribution in [1.82, 2.24) is 10.1 Å². The fraction of sp³-hybridized carbons (Fsp3) is 0.846. The lowest BCUT2D eigenvalue weighted by Gasteiger charge is -2.17. The molecule has 0 radical (unpaired) electrons. The van der Waals surface area contributed by atoms with Gasteiger partial charge in [0.05, 0.1) is 6.04 Å². The van der Waals surface area contributed by atoms with Crippen LogP contribution in [0.25, 0.3) is 0 Å². The molecule has 0 aliphatic heterocycles. The molecule has 0 spiro atoms. The van der Waals surface area contributed by atoms with Gasteiger partial charge < -0.3 is 15.0 Å². The molecule has 1 fully saturated rings. The van der Waals surface area contributed by atoms with Gasteiger partial charge in [-0.3, -0.25) is 0 Å². The van der Waals surface area contributed by atoms with Crippen molar-refractivity contribution >= 4 is 0 Å². The van der Waals surface area contributed by atoms with Gasteiger partial charge in [0, 0.05) is 19.6 Å². The smallest absolute Gasteiger partial charge is 0.243 e. The molecule has 1 saturated carbocycles. The largest absolute Gasteiger partial charge is 0.385 e. The third-order valence-electron chi connectivity index (χ3n) is 3.61. The topological polar surface area (TPSA) is 74.2 Å². The van der Waals surface area contributed by atoms with Crippen molar-refractivity contribution in [1.29, 1.82) is 0 Å². The zero-order valence-corrected chi connectivity index (χ0v) is 11.1. The van der Waals surface area contributed by atoms with Gasteiger partial charge in [0.2, 0.25) is 5.89 Å².